The van der Waals surface area contributed by atoms with E-state index in [1.54, 1.807) is 43.3 Å². The predicted octanol–water partition coefficient (Wildman–Crippen LogP) is 4.88. The van der Waals surface area contributed by atoms with E-state index in [1.165, 1.54) is 5.56 Å². The zero-order chi connectivity index (χ0) is 23.3. The van der Waals surface area contributed by atoms with Gasteiger partial charge >= 0.3 is 0 Å². The SMILES string of the molecule is CNC(CC(=O)N(C)C)c1ccc(C2CCC(N(C)C(=O)c3ccc(Cl)cc3)CC2)cc1. The standard InChI is InChI=1S/C26H34ClN3O2/c1-28-24(17-25(31)29(2)3)20-7-5-18(6-8-20)19-11-15-23(16-12-19)30(4)26(32)21-9-13-22(27)14-10-21/h5-10,13-14,19,23-24,28H,11-12,15-17H2,1-4H3. The van der Waals surface area contributed by atoms with Gasteiger partial charge in [-0.05, 0) is 74.0 Å². The molecule has 2 amide bonds. The monoisotopic (exact) mass is 455 g/mol. The van der Waals surface area contributed by atoms with Crippen LogP contribution in [0.5, 0.6) is 0 Å². The molecule has 1 unspecified atom stereocenters. The Kier molecular flexibility index (Phi) is 8.32. The van der Waals surface area contributed by atoms with Crippen LogP contribution in [-0.2, 0) is 4.79 Å². The van der Waals surface area contributed by atoms with Gasteiger partial charge < -0.3 is 15.1 Å². The molecule has 1 saturated carbocycles. The van der Waals surface area contributed by atoms with Gasteiger partial charge in [-0.3, -0.25) is 9.59 Å². The minimum absolute atomic E-state index is 0.0159. The maximum absolute atomic E-state index is 12.8. The Morgan fingerprint density at radius 3 is 2.09 bits per heavy atom. The molecule has 2 aromatic rings. The first kappa shape index (κ1) is 24.3. The van der Waals surface area contributed by atoms with Crippen molar-refractivity contribution in [1.29, 1.82) is 0 Å². The van der Waals surface area contributed by atoms with Crippen LogP contribution in [0.15, 0.2) is 48.5 Å². The number of nitrogens with zero attached hydrogens (tertiary/aromatic N) is 2. The first-order valence-electron chi connectivity index (χ1n) is 11.3. The molecule has 3 rings (SSSR count). The summed E-state index contributed by atoms with van der Waals surface area (Å²) in [6, 6.07) is 16.1. The van der Waals surface area contributed by atoms with Crippen molar-refractivity contribution in [2.24, 2.45) is 0 Å². The van der Waals surface area contributed by atoms with Crippen LogP contribution in [0.3, 0.4) is 0 Å². The second-order valence-corrected chi connectivity index (χ2v) is 9.37. The van der Waals surface area contributed by atoms with Crippen LogP contribution in [0.4, 0.5) is 0 Å². The number of carbonyl (C=O) groups is 2. The first-order valence-corrected chi connectivity index (χ1v) is 11.7. The van der Waals surface area contributed by atoms with E-state index in [-0.39, 0.29) is 23.9 Å². The van der Waals surface area contributed by atoms with Gasteiger partial charge in [0.1, 0.15) is 0 Å². The molecule has 172 valence electrons. The van der Waals surface area contributed by atoms with Gasteiger partial charge in [-0.2, -0.15) is 0 Å². The van der Waals surface area contributed by atoms with Crippen molar-refractivity contribution in [3.8, 4) is 0 Å². The van der Waals surface area contributed by atoms with E-state index in [0.717, 1.165) is 31.2 Å². The molecule has 1 aliphatic carbocycles. The zero-order valence-corrected chi connectivity index (χ0v) is 20.2. The summed E-state index contributed by atoms with van der Waals surface area (Å²) in [4.78, 5) is 28.4. The van der Waals surface area contributed by atoms with Gasteiger partial charge in [0.2, 0.25) is 5.91 Å². The fraction of sp³-hybridized carbons (Fsp3) is 0.462. The van der Waals surface area contributed by atoms with Crippen LogP contribution in [0.2, 0.25) is 5.02 Å². The molecule has 32 heavy (non-hydrogen) atoms. The summed E-state index contributed by atoms with van der Waals surface area (Å²) < 4.78 is 0. The van der Waals surface area contributed by atoms with Crippen LogP contribution in [0.1, 0.15) is 65.5 Å². The normalized spacial score (nSPS) is 19.3. The Morgan fingerprint density at radius 2 is 1.56 bits per heavy atom. The van der Waals surface area contributed by atoms with Crippen molar-refractivity contribution in [2.75, 3.05) is 28.2 Å². The molecule has 0 saturated heterocycles. The molecule has 0 aromatic heterocycles. The maximum atomic E-state index is 12.8. The quantitative estimate of drug-likeness (QED) is 0.647. The molecule has 0 radical (unpaired) electrons. The Morgan fingerprint density at radius 1 is 0.969 bits per heavy atom. The van der Waals surface area contributed by atoms with E-state index < -0.39 is 0 Å². The van der Waals surface area contributed by atoms with Gasteiger partial charge in [-0.1, -0.05) is 35.9 Å². The van der Waals surface area contributed by atoms with Crippen LogP contribution in [-0.4, -0.2) is 55.8 Å². The molecule has 2 aromatic carbocycles. The summed E-state index contributed by atoms with van der Waals surface area (Å²) >= 11 is 5.94. The maximum Gasteiger partial charge on any atom is 0.253 e. The summed E-state index contributed by atoms with van der Waals surface area (Å²) in [6.07, 6.45) is 4.58. The summed E-state index contributed by atoms with van der Waals surface area (Å²) in [7, 11) is 7.37. The largest absolute Gasteiger partial charge is 0.349 e. The molecule has 5 nitrogen and oxygen atoms in total. The van der Waals surface area contributed by atoms with E-state index in [4.69, 9.17) is 11.6 Å². The third kappa shape index (κ3) is 5.90. The minimum Gasteiger partial charge on any atom is -0.349 e. The van der Waals surface area contributed by atoms with Crippen molar-refractivity contribution in [3.05, 3.63) is 70.2 Å². The zero-order valence-electron chi connectivity index (χ0n) is 19.5. The number of carbonyl (C=O) groups excluding carboxylic acids is 2. The van der Waals surface area contributed by atoms with Crippen molar-refractivity contribution >= 4 is 23.4 Å². The predicted molar refractivity (Wildman–Crippen MR) is 130 cm³/mol. The van der Waals surface area contributed by atoms with Crippen LogP contribution in [0, 0.1) is 0 Å². The Labute approximate surface area is 196 Å². The topological polar surface area (TPSA) is 52.7 Å². The summed E-state index contributed by atoms with van der Waals surface area (Å²) in [5, 5.41) is 3.90. The van der Waals surface area contributed by atoms with Crippen molar-refractivity contribution in [1.82, 2.24) is 15.1 Å². The number of hydrogen-bond acceptors (Lipinski definition) is 3. The molecule has 1 atom stereocenters. The van der Waals surface area contributed by atoms with Gasteiger partial charge in [0.25, 0.3) is 5.91 Å². The van der Waals surface area contributed by atoms with Gasteiger partial charge in [-0.25, -0.2) is 0 Å². The van der Waals surface area contributed by atoms with E-state index in [9.17, 15) is 9.59 Å². The van der Waals surface area contributed by atoms with Crippen LogP contribution >= 0.6 is 11.6 Å². The van der Waals surface area contributed by atoms with Crippen LogP contribution < -0.4 is 5.32 Å². The minimum atomic E-state index is 0.0159. The number of amides is 2. The average molecular weight is 456 g/mol. The van der Waals surface area contributed by atoms with Gasteiger partial charge in [0, 0.05) is 50.2 Å². The molecular formula is C26H34ClN3O2. The van der Waals surface area contributed by atoms with Crippen molar-refractivity contribution in [3.63, 3.8) is 0 Å². The smallest absolute Gasteiger partial charge is 0.253 e. The van der Waals surface area contributed by atoms with Crippen LogP contribution in [0.25, 0.3) is 0 Å². The van der Waals surface area contributed by atoms with E-state index >= 15 is 0 Å². The molecule has 0 aliphatic heterocycles. The van der Waals surface area contributed by atoms with Crippen molar-refractivity contribution < 1.29 is 9.59 Å². The fourth-order valence-corrected chi connectivity index (χ4v) is 4.63. The third-order valence-electron chi connectivity index (χ3n) is 6.69. The number of halogens is 1. The van der Waals surface area contributed by atoms with E-state index in [2.05, 4.69) is 29.6 Å². The molecule has 1 N–H and O–H groups in total. The Hall–Kier alpha value is -2.37. The lowest BCUT2D eigenvalue weighted by molar-refractivity contribution is -0.129. The molecule has 0 spiro atoms. The van der Waals surface area contributed by atoms with Crippen molar-refractivity contribution in [2.45, 2.75) is 50.1 Å². The second kappa shape index (κ2) is 11.0. The first-order chi connectivity index (χ1) is 15.3. The van der Waals surface area contributed by atoms with E-state index in [1.807, 2.05) is 19.0 Å². The lowest BCUT2D eigenvalue weighted by Gasteiger charge is -2.35. The van der Waals surface area contributed by atoms with Gasteiger partial charge in [0.05, 0.1) is 0 Å². The Balaban J connectivity index is 1.57. The summed E-state index contributed by atoms with van der Waals surface area (Å²) in [5.74, 6) is 0.680. The number of rotatable bonds is 7. The lowest BCUT2D eigenvalue weighted by Crippen LogP contribution is -2.39. The second-order valence-electron chi connectivity index (χ2n) is 8.93. The summed E-state index contributed by atoms with van der Waals surface area (Å²) in [6.45, 7) is 0. The highest BCUT2D eigenvalue weighted by atomic mass is 35.5. The number of benzene rings is 2. The van der Waals surface area contributed by atoms with Gasteiger partial charge in [-0.15, -0.1) is 0 Å². The number of hydrogen-bond donors (Lipinski definition) is 1. The molecular weight excluding hydrogens is 422 g/mol. The molecule has 1 aliphatic rings. The highest BCUT2D eigenvalue weighted by molar-refractivity contribution is 6.30. The molecule has 0 heterocycles. The molecule has 1 fully saturated rings. The Bertz CT molecular complexity index is 904. The third-order valence-corrected chi connectivity index (χ3v) is 6.94. The average Bonchev–Trinajstić information content (AvgIpc) is 2.82. The molecule has 6 heteroatoms. The van der Waals surface area contributed by atoms with E-state index in [0.29, 0.717) is 22.9 Å². The molecule has 0 bridgehead atoms. The highest BCUT2D eigenvalue weighted by Gasteiger charge is 2.28. The van der Waals surface area contributed by atoms with Gasteiger partial charge in [0.15, 0.2) is 0 Å². The number of nitrogens with one attached hydrogen (secondary N) is 1. The summed E-state index contributed by atoms with van der Waals surface area (Å²) in [5.41, 5.74) is 3.16. The highest BCUT2D eigenvalue weighted by Crippen LogP contribution is 2.35. The lowest BCUT2D eigenvalue weighted by atomic mass is 9.81. The fourth-order valence-electron chi connectivity index (χ4n) is 4.50.